The molecule has 0 bridgehead atoms. The van der Waals surface area contributed by atoms with E-state index < -0.39 is 0 Å². The summed E-state index contributed by atoms with van der Waals surface area (Å²) in [6, 6.07) is 18.1. The zero-order valence-electron chi connectivity index (χ0n) is 15.4. The smallest absolute Gasteiger partial charge is 0.232 e. The van der Waals surface area contributed by atoms with Gasteiger partial charge in [-0.05, 0) is 31.5 Å². The highest BCUT2D eigenvalue weighted by Crippen LogP contribution is 2.42. The van der Waals surface area contributed by atoms with E-state index in [0.717, 1.165) is 45.9 Å². The average molecular weight is 359 g/mol. The minimum Gasteiger partial charge on any atom is -0.494 e. The van der Waals surface area contributed by atoms with Crippen LogP contribution in [0.15, 0.2) is 65.3 Å². The highest BCUT2D eigenvalue weighted by molar-refractivity contribution is 6.05. The molecule has 0 amide bonds. The summed E-state index contributed by atoms with van der Waals surface area (Å²) in [6.45, 7) is 5.43. The average Bonchev–Trinajstić information content (AvgIpc) is 3.10. The van der Waals surface area contributed by atoms with Crippen molar-refractivity contribution in [2.45, 2.75) is 13.8 Å². The summed E-state index contributed by atoms with van der Waals surface area (Å²) in [5, 5.41) is 4.21. The second kappa shape index (κ2) is 7.50. The summed E-state index contributed by atoms with van der Waals surface area (Å²) in [5.41, 5.74) is 3.59. The van der Waals surface area contributed by atoms with Gasteiger partial charge in [0, 0.05) is 17.7 Å². The molecule has 27 heavy (non-hydrogen) atoms. The summed E-state index contributed by atoms with van der Waals surface area (Å²) >= 11 is 0. The molecule has 4 aromatic rings. The van der Waals surface area contributed by atoms with E-state index in [-0.39, 0.29) is 0 Å². The van der Waals surface area contributed by atoms with Crippen molar-refractivity contribution in [2.75, 3.05) is 18.5 Å². The van der Waals surface area contributed by atoms with Gasteiger partial charge in [-0.25, -0.2) is 9.97 Å². The number of ether oxygens (including phenoxy) is 1. The molecular formula is C22H21N3O2. The first kappa shape index (κ1) is 17.1. The predicted octanol–water partition coefficient (Wildman–Crippen LogP) is 5.39. The maximum atomic E-state index is 6.18. The number of nitrogens with one attached hydrogen (secondary N) is 1. The van der Waals surface area contributed by atoms with Crippen LogP contribution in [0.2, 0.25) is 0 Å². The van der Waals surface area contributed by atoms with E-state index in [1.165, 1.54) is 6.33 Å². The summed E-state index contributed by atoms with van der Waals surface area (Å²) in [7, 11) is 0. The van der Waals surface area contributed by atoms with Crippen LogP contribution in [0.1, 0.15) is 13.8 Å². The Hall–Kier alpha value is -3.34. The van der Waals surface area contributed by atoms with Crippen molar-refractivity contribution >= 4 is 16.9 Å². The Kier molecular flexibility index (Phi) is 4.75. The van der Waals surface area contributed by atoms with Gasteiger partial charge in [-0.3, -0.25) is 0 Å². The summed E-state index contributed by atoms with van der Waals surface area (Å²) < 4.78 is 11.8. The van der Waals surface area contributed by atoms with Gasteiger partial charge in [0.15, 0.2) is 0 Å². The summed E-state index contributed by atoms with van der Waals surface area (Å²) in [6.07, 6.45) is 1.53. The van der Waals surface area contributed by atoms with Crippen molar-refractivity contribution in [3.63, 3.8) is 0 Å². The topological polar surface area (TPSA) is 60.2 Å². The third-order valence-electron chi connectivity index (χ3n) is 4.32. The number of fused-ring (bicyclic) bond motifs is 1. The van der Waals surface area contributed by atoms with E-state index in [9.17, 15) is 0 Å². The van der Waals surface area contributed by atoms with E-state index in [2.05, 4.69) is 15.3 Å². The zero-order valence-corrected chi connectivity index (χ0v) is 15.4. The van der Waals surface area contributed by atoms with Gasteiger partial charge in [-0.15, -0.1) is 0 Å². The Bertz CT molecular complexity index is 1040. The Labute approximate surface area is 158 Å². The van der Waals surface area contributed by atoms with E-state index in [4.69, 9.17) is 9.15 Å². The van der Waals surface area contributed by atoms with Crippen LogP contribution in [0.4, 0.5) is 5.82 Å². The first-order chi connectivity index (χ1) is 13.3. The van der Waals surface area contributed by atoms with Gasteiger partial charge in [0.25, 0.3) is 0 Å². The number of hydrogen-bond donors (Lipinski definition) is 1. The molecule has 2 aromatic heterocycles. The van der Waals surface area contributed by atoms with Crippen molar-refractivity contribution in [2.24, 2.45) is 0 Å². The van der Waals surface area contributed by atoms with E-state index in [1.54, 1.807) is 0 Å². The molecule has 0 aliphatic rings. The number of rotatable bonds is 6. The molecule has 2 heterocycles. The molecule has 5 nitrogen and oxygen atoms in total. The lowest BCUT2D eigenvalue weighted by atomic mass is 9.99. The van der Waals surface area contributed by atoms with Crippen molar-refractivity contribution in [3.8, 4) is 28.2 Å². The molecule has 0 fully saturated rings. The quantitative estimate of drug-likeness (QED) is 0.500. The maximum absolute atomic E-state index is 6.18. The lowest BCUT2D eigenvalue weighted by Gasteiger charge is -2.08. The van der Waals surface area contributed by atoms with Crippen LogP contribution in [-0.4, -0.2) is 23.1 Å². The molecule has 0 radical (unpaired) electrons. The second-order valence-electron chi connectivity index (χ2n) is 6.06. The lowest BCUT2D eigenvalue weighted by molar-refractivity contribution is 0.340. The van der Waals surface area contributed by atoms with Crippen LogP contribution >= 0.6 is 0 Å². The SMILES string of the molecule is CCNc1ncnc2oc(-c3ccccc3)c(-c3ccc(OCC)cc3)c12. The van der Waals surface area contributed by atoms with Gasteiger partial charge in [0.2, 0.25) is 5.71 Å². The zero-order chi connectivity index (χ0) is 18.6. The first-order valence-corrected chi connectivity index (χ1v) is 9.11. The Morgan fingerprint density at radius 1 is 0.926 bits per heavy atom. The molecule has 0 saturated heterocycles. The number of nitrogens with zero attached hydrogens (tertiary/aromatic N) is 2. The number of anilines is 1. The number of aromatic nitrogens is 2. The van der Waals surface area contributed by atoms with Gasteiger partial charge in [0.1, 0.15) is 23.7 Å². The van der Waals surface area contributed by atoms with Gasteiger partial charge in [-0.2, -0.15) is 0 Å². The molecular weight excluding hydrogens is 338 g/mol. The largest absolute Gasteiger partial charge is 0.494 e. The predicted molar refractivity (Wildman–Crippen MR) is 108 cm³/mol. The van der Waals surface area contributed by atoms with Gasteiger partial charge in [-0.1, -0.05) is 42.5 Å². The Morgan fingerprint density at radius 3 is 2.41 bits per heavy atom. The number of benzene rings is 2. The molecule has 5 heteroatoms. The van der Waals surface area contributed by atoms with Crippen molar-refractivity contribution < 1.29 is 9.15 Å². The lowest BCUT2D eigenvalue weighted by Crippen LogP contribution is -2.00. The van der Waals surface area contributed by atoms with Crippen LogP contribution in [0.5, 0.6) is 5.75 Å². The third-order valence-corrected chi connectivity index (χ3v) is 4.32. The van der Waals surface area contributed by atoms with Crippen LogP contribution in [0.25, 0.3) is 33.6 Å². The minimum atomic E-state index is 0.573. The highest BCUT2D eigenvalue weighted by Gasteiger charge is 2.21. The normalized spacial score (nSPS) is 10.9. The fourth-order valence-electron chi connectivity index (χ4n) is 3.19. The van der Waals surface area contributed by atoms with Gasteiger partial charge >= 0.3 is 0 Å². The minimum absolute atomic E-state index is 0.573. The number of furan rings is 1. The van der Waals surface area contributed by atoms with Crippen LogP contribution in [0.3, 0.4) is 0 Å². The van der Waals surface area contributed by atoms with Crippen LogP contribution in [-0.2, 0) is 0 Å². The van der Waals surface area contributed by atoms with Crippen molar-refractivity contribution in [1.82, 2.24) is 9.97 Å². The molecule has 0 unspecified atom stereocenters. The fourth-order valence-corrected chi connectivity index (χ4v) is 3.19. The molecule has 1 N–H and O–H groups in total. The summed E-state index contributed by atoms with van der Waals surface area (Å²) in [4.78, 5) is 8.79. The fraction of sp³-hybridized carbons (Fsp3) is 0.182. The van der Waals surface area contributed by atoms with E-state index in [1.807, 2.05) is 68.4 Å². The van der Waals surface area contributed by atoms with Gasteiger partial charge < -0.3 is 14.5 Å². The Balaban J connectivity index is 1.97. The van der Waals surface area contributed by atoms with E-state index in [0.29, 0.717) is 12.3 Å². The second-order valence-corrected chi connectivity index (χ2v) is 6.06. The van der Waals surface area contributed by atoms with E-state index >= 15 is 0 Å². The molecule has 0 aliphatic heterocycles. The van der Waals surface area contributed by atoms with Crippen molar-refractivity contribution in [3.05, 3.63) is 60.9 Å². The number of hydrogen-bond acceptors (Lipinski definition) is 5. The first-order valence-electron chi connectivity index (χ1n) is 9.11. The molecule has 0 spiro atoms. The van der Waals surface area contributed by atoms with Crippen LogP contribution < -0.4 is 10.1 Å². The Morgan fingerprint density at radius 2 is 1.70 bits per heavy atom. The standard InChI is InChI=1S/C22H21N3O2/c1-3-23-21-19-18(15-10-12-17(13-11-15)26-4-2)20(16-8-6-5-7-9-16)27-22(19)25-14-24-21/h5-14H,3-4H2,1-2H3,(H,23,24,25). The third kappa shape index (κ3) is 3.24. The molecule has 0 aliphatic carbocycles. The molecule has 0 saturated carbocycles. The molecule has 0 atom stereocenters. The summed E-state index contributed by atoms with van der Waals surface area (Å²) in [5.74, 6) is 2.41. The molecule has 4 rings (SSSR count). The van der Waals surface area contributed by atoms with Crippen LogP contribution in [0, 0.1) is 0 Å². The van der Waals surface area contributed by atoms with Gasteiger partial charge in [0.05, 0.1) is 12.0 Å². The molecule has 136 valence electrons. The highest BCUT2D eigenvalue weighted by atomic mass is 16.5. The molecule has 2 aromatic carbocycles. The maximum Gasteiger partial charge on any atom is 0.232 e. The van der Waals surface area contributed by atoms with Crippen molar-refractivity contribution in [1.29, 1.82) is 0 Å². The monoisotopic (exact) mass is 359 g/mol.